The van der Waals surface area contributed by atoms with E-state index in [0.717, 1.165) is 33.4 Å². The second-order valence-electron chi connectivity index (χ2n) is 11.4. The van der Waals surface area contributed by atoms with Gasteiger partial charge < -0.3 is 19.3 Å². The zero-order valence-electron chi connectivity index (χ0n) is 23.1. The Morgan fingerprint density at radius 2 is 1.85 bits per heavy atom. The molecular weight excluding hydrogens is 547 g/mol. The third-order valence-corrected chi connectivity index (χ3v) is 10.3. The summed E-state index contributed by atoms with van der Waals surface area (Å²) < 4.78 is 56.9. The molecular formula is C32H33FO7S. The van der Waals surface area contributed by atoms with Gasteiger partial charge in [0, 0.05) is 29.0 Å². The number of ether oxygens (including phenoxy) is 3. The van der Waals surface area contributed by atoms with Gasteiger partial charge in [-0.15, -0.1) is 0 Å². The first-order valence-electron chi connectivity index (χ1n) is 14.0. The van der Waals surface area contributed by atoms with Crippen LogP contribution in [0.1, 0.15) is 59.1 Å². The molecule has 3 aromatic rings. The molecule has 6 rings (SSSR count). The molecule has 3 aromatic carbocycles. The molecule has 1 fully saturated rings. The number of rotatable bonds is 8. The molecule has 1 saturated heterocycles. The predicted octanol–water partition coefficient (Wildman–Crippen LogP) is 5.94. The standard InChI is InChI=1S/C32H33FO7S/c1-18-11-23(38-15-20-9-10-41(36,37)17-20)12-19(2)31(18)25-5-7-27(33)32-26(25)6-8-28(32)40-22-3-4-24-21(13-30(34)35)16-39-29(24)14-22/h3-5,7,11-12,14,20-21,28H,6,8-10,13,15-17H2,1-2H3,(H,34,35)/t20-,21-,28-/m1/s1. The first-order valence-corrected chi connectivity index (χ1v) is 15.8. The fraction of sp³-hybridized carbons (Fsp3) is 0.406. The van der Waals surface area contributed by atoms with Crippen LogP contribution in [0.2, 0.25) is 0 Å². The summed E-state index contributed by atoms with van der Waals surface area (Å²) in [6.07, 6.45) is 1.49. The third kappa shape index (κ3) is 5.52. The number of carbonyl (C=O) groups is 1. The molecule has 2 heterocycles. The van der Waals surface area contributed by atoms with Crippen LogP contribution in [0.15, 0.2) is 42.5 Å². The van der Waals surface area contributed by atoms with Crippen molar-refractivity contribution in [3.8, 4) is 28.4 Å². The summed E-state index contributed by atoms with van der Waals surface area (Å²) in [7, 11) is -2.95. The summed E-state index contributed by atoms with van der Waals surface area (Å²) in [6, 6.07) is 12.7. The molecule has 41 heavy (non-hydrogen) atoms. The average molecular weight is 581 g/mol. The van der Waals surface area contributed by atoms with Gasteiger partial charge in [-0.3, -0.25) is 4.79 Å². The highest BCUT2D eigenvalue weighted by molar-refractivity contribution is 7.91. The van der Waals surface area contributed by atoms with Crippen molar-refractivity contribution in [2.75, 3.05) is 24.7 Å². The topological polar surface area (TPSA) is 99.1 Å². The minimum absolute atomic E-state index is 0.00791. The molecule has 2 aliphatic heterocycles. The van der Waals surface area contributed by atoms with Crippen LogP contribution in [-0.2, 0) is 21.1 Å². The van der Waals surface area contributed by atoms with Crippen molar-refractivity contribution in [1.82, 2.24) is 0 Å². The largest absolute Gasteiger partial charge is 0.493 e. The molecule has 0 radical (unpaired) electrons. The number of halogens is 1. The van der Waals surface area contributed by atoms with Gasteiger partial charge in [0.2, 0.25) is 0 Å². The highest BCUT2D eigenvalue weighted by Gasteiger charge is 2.33. The highest BCUT2D eigenvalue weighted by Crippen LogP contribution is 2.45. The van der Waals surface area contributed by atoms with Crippen molar-refractivity contribution in [3.05, 3.63) is 76.1 Å². The quantitative estimate of drug-likeness (QED) is 0.352. The van der Waals surface area contributed by atoms with Crippen LogP contribution in [-0.4, -0.2) is 44.2 Å². The SMILES string of the molecule is Cc1cc(OC[C@H]2CCS(=O)(=O)C2)cc(C)c1-c1ccc(F)c2c1CC[C@H]2Oc1ccc2c(c1)OC[C@H]2CC(=O)O. The van der Waals surface area contributed by atoms with Crippen LogP contribution >= 0.6 is 0 Å². The third-order valence-electron chi connectivity index (χ3n) is 8.43. The Kier molecular flexibility index (Phi) is 7.18. The van der Waals surface area contributed by atoms with Gasteiger partial charge >= 0.3 is 5.97 Å². The fourth-order valence-electron chi connectivity index (χ4n) is 6.55. The second kappa shape index (κ2) is 10.7. The number of aliphatic carboxylic acids is 1. The summed E-state index contributed by atoms with van der Waals surface area (Å²) in [5.41, 5.74) is 6.37. The van der Waals surface area contributed by atoms with Crippen molar-refractivity contribution in [2.45, 2.75) is 51.6 Å². The van der Waals surface area contributed by atoms with Gasteiger partial charge in [-0.25, -0.2) is 12.8 Å². The number of benzene rings is 3. The Morgan fingerprint density at radius 3 is 2.56 bits per heavy atom. The summed E-state index contributed by atoms with van der Waals surface area (Å²) >= 11 is 0. The van der Waals surface area contributed by atoms with E-state index in [1.165, 1.54) is 6.07 Å². The lowest BCUT2D eigenvalue weighted by molar-refractivity contribution is -0.137. The number of carboxylic acid groups (broad SMARTS) is 1. The van der Waals surface area contributed by atoms with Crippen molar-refractivity contribution >= 4 is 15.8 Å². The van der Waals surface area contributed by atoms with Crippen molar-refractivity contribution in [2.24, 2.45) is 5.92 Å². The van der Waals surface area contributed by atoms with E-state index < -0.39 is 21.9 Å². The second-order valence-corrected chi connectivity index (χ2v) is 13.7. The number of hydrogen-bond acceptors (Lipinski definition) is 6. The molecule has 7 nitrogen and oxygen atoms in total. The summed E-state index contributed by atoms with van der Waals surface area (Å²) in [4.78, 5) is 11.2. The zero-order valence-corrected chi connectivity index (χ0v) is 23.9. The molecule has 3 atom stereocenters. The van der Waals surface area contributed by atoms with Crippen LogP contribution in [0.4, 0.5) is 4.39 Å². The maximum Gasteiger partial charge on any atom is 0.304 e. The molecule has 0 bridgehead atoms. The molecule has 1 N–H and O–H groups in total. The van der Waals surface area contributed by atoms with Crippen LogP contribution in [0.5, 0.6) is 17.2 Å². The van der Waals surface area contributed by atoms with Crippen molar-refractivity contribution < 1.29 is 36.9 Å². The number of aryl methyl sites for hydroxylation is 2. The molecule has 216 valence electrons. The molecule has 0 unspecified atom stereocenters. The first kappa shape index (κ1) is 27.6. The molecule has 9 heteroatoms. The fourth-order valence-corrected chi connectivity index (χ4v) is 8.39. The average Bonchev–Trinajstić information content (AvgIpc) is 3.60. The van der Waals surface area contributed by atoms with Gasteiger partial charge in [0.05, 0.1) is 31.1 Å². The summed E-state index contributed by atoms with van der Waals surface area (Å²) in [5, 5.41) is 9.16. The molecule has 1 aliphatic carbocycles. The Labute approximate surface area is 239 Å². The molecule has 0 saturated carbocycles. The van der Waals surface area contributed by atoms with Gasteiger partial charge in [0.25, 0.3) is 0 Å². The Balaban J connectivity index is 1.22. The lowest BCUT2D eigenvalue weighted by Gasteiger charge is -2.19. The van der Waals surface area contributed by atoms with E-state index in [2.05, 4.69) is 0 Å². The van der Waals surface area contributed by atoms with Crippen molar-refractivity contribution in [3.63, 3.8) is 0 Å². The van der Waals surface area contributed by atoms with E-state index in [1.807, 2.05) is 38.1 Å². The maximum atomic E-state index is 15.3. The summed E-state index contributed by atoms with van der Waals surface area (Å²) in [5.74, 6) is 0.950. The van der Waals surface area contributed by atoms with E-state index in [0.29, 0.717) is 55.3 Å². The van der Waals surface area contributed by atoms with Gasteiger partial charge in [-0.1, -0.05) is 12.1 Å². The lowest BCUT2D eigenvalue weighted by atomic mass is 9.90. The first-order chi connectivity index (χ1) is 19.6. The van der Waals surface area contributed by atoms with Gasteiger partial charge in [-0.2, -0.15) is 0 Å². The molecule has 3 aliphatic rings. The smallest absolute Gasteiger partial charge is 0.304 e. The Morgan fingerprint density at radius 1 is 1.07 bits per heavy atom. The minimum atomic E-state index is -2.95. The van der Waals surface area contributed by atoms with E-state index in [-0.39, 0.29) is 35.6 Å². The molecule has 0 spiro atoms. The van der Waals surface area contributed by atoms with Crippen LogP contribution in [0.3, 0.4) is 0 Å². The normalized spacial score (nSPS) is 22.2. The molecule has 0 aromatic heterocycles. The van der Waals surface area contributed by atoms with Crippen LogP contribution in [0, 0.1) is 25.6 Å². The van der Waals surface area contributed by atoms with E-state index in [1.54, 1.807) is 12.1 Å². The van der Waals surface area contributed by atoms with Gasteiger partial charge in [0.1, 0.15) is 29.2 Å². The van der Waals surface area contributed by atoms with Gasteiger partial charge in [0.15, 0.2) is 9.84 Å². The van der Waals surface area contributed by atoms with Crippen LogP contribution < -0.4 is 14.2 Å². The van der Waals surface area contributed by atoms with Crippen LogP contribution in [0.25, 0.3) is 11.1 Å². The number of carboxylic acids is 1. The maximum absolute atomic E-state index is 15.3. The van der Waals surface area contributed by atoms with Crippen molar-refractivity contribution in [1.29, 1.82) is 0 Å². The highest BCUT2D eigenvalue weighted by atomic mass is 32.2. The number of sulfone groups is 1. The summed E-state index contributed by atoms with van der Waals surface area (Å²) in [6.45, 7) is 4.71. The lowest BCUT2D eigenvalue weighted by Crippen LogP contribution is -2.13. The van der Waals surface area contributed by atoms with E-state index >= 15 is 4.39 Å². The minimum Gasteiger partial charge on any atom is -0.493 e. The predicted molar refractivity (Wildman–Crippen MR) is 152 cm³/mol. The monoisotopic (exact) mass is 580 g/mol. The number of fused-ring (bicyclic) bond motifs is 2. The molecule has 0 amide bonds. The Hall–Kier alpha value is -3.59. The van der Waals surface area contributed by atoms with Gasteiger partial charge in [-0.05, 0) is 85.2 Å². The Bertz CT molecular complexity index is 1610. The zero-order chi connectivity index (χ0) is 28.9. The van der Waals surface area contributed by atoms with E-state index in [9.17, 15) is 13.2 Å². The van der Waals surface area contributed by atoms with E-state index in [4.69, 9.17) is 19.3 Å². The number of hydrogen-bond donors (Lipinski definition) is 1.